The highest BCUT2D eigenvalue weighted by Gasteiger charge is 2.24. The van der Waals surface area contributed by atoms with E-state index in [1.807, 2.05) is 37.3 Å². The van der Waals surface area contributed by atoms with Gasteiger partial charge in [-0.15, -0.1) is 0 Å². The zero-order valence-electron chi connectivity index (χ0n) is 14.4. The van der Waals surface area contributed by atoms with Gasteiger partial charge in [0, 0.05) is 6.54 Å². The van der Waals surface area contributed by atoms with Gasteiger partial charge >= 0.3 is 5.97 Å². The molecule has 1 aromatic carbocycles. The van der Waals surface area contributed by atoms with E-state index in [1.54, 1.807) is 0 Å². The summed E-state index contributed by atoms with van der Waals surface area (Å²) >= 11 is 0. The van der Waals surface area contributed by atoms with Crippen LogP contribution >= 0.6 is 0 Å². The van der Waals surface area contributed by atoms with Crippen LogP contribution in [0, 0.1) is 0 Å². The lowest BCUT2D eigenvalue weighted by Crippen LogP contribution is -2.51. The van der Waals surface area contributed by atoms with E-state index in [0.29, 0.717) is 25.9 Å². The van der Waals surface area contributed by atoms with E-state index in [9.17, 15) is 14.7 Å². The normalized spacial score (nSPS) is 12.8. The molecule has 8 heteroatoms. The third-order valence-electron chi connectivity index (χ3n) is 3.61. The Kier molecular flexibility index (Phi) is 9.02. The van der Waals surface area contributed by atoms with E-state index in [4.69, 9.17) is 11.5 Å². The second-order valence-corrected chi connectivity index (χ2v) is 5.65. The molecular formula is C17H27N5O3. The van der Waals surface area contributed by atoms with Crippen molar-refractivity contribution in [3.63, 3.8) is 0 Å². The first kappa shape index (κ1) is 20.4. The molecule has 0 unspecified atom stereocenters. The second kappa shape index (κ2) is 11.0. The van der Waals surface area contributed by atoms with Gasteiger partial charge in [0.1, 0.15) is 6.04 Å². The molecule has 1 amide bonds. The minimum atomic E-state index is -1.08. The van der Waals surface area contributed by atoms with E-state index in [-0.39, 0.29) is 18.3 Å². The van der Waals surface area contributed by atoms with Crippen LogP contribution in [0.2, 0.25) is 0 Å². The molecule has 0 heterocycles. The van der Waals surface area contributed by atoms with E-state index >= 15 is 0 Å². The van der Waals surface area contributed by atoms with Gasteiger partial charge in [0.15, 0.2) is 5.96 Å². The molecule has 0 aliphatic carbocycles. The predicted octanol–water partition coefficient (Wildman–Crippen LogP) is -0.170. The first-order valence-corrected chi connectivity index (χ1v) is 8.30. The summed E-state index contributed by atoms with van der Waals surface area (Å²) in [6.07, 6.45) is 1.20. The van der Waals surface area contributed by atoms with E-state index in [1.165, 1.54) is 0 Å². The maximum atomic E-state index is 12.5. The number of carbonyl (C=O) groups excluding carboxylic acids is 1. The number of amides is 1. The van der Waals surface area contributed by atoms with Crippen molar-refractivity contribution in [3.8, 4) is 0 Å². The molecule has 0 saturated carbocycles. The molecule has 1 aromatic rings. The van der Waals surface area contributed by atoms with Gasteiger partial charge in [0.05, 0.1) is 6.04 Å². The molecule has 0 radical (unpaired) electrons. The van der Waals surface area contributed by atoms with E-state index in [0.717, 1.165) is 5.56 Å². The number of nitrogens with one attached hydrogen (secondary N) is 2. The van der Waals surface area contributed by atoms with Crippen molar-refractivity contribution in [2.45, 2.75) is 38.3 Å². The van der Waals surface area contributed by atoms with Crippen molar-refractivity contribution in [1.29, 1.82) is 0 Å². The van der Waals surface area contributed by atoms with Gasteiger partial charge in [0.2, 0.25) is 5.91 Å². The zero-order chi connectivity index (χ0) is 18.7. The number of likely N-dealkylation sites (N-methyl/N-ethyl adjacent to an activating group) is 1. The van der Waals surface area contributed by atoms with Crippen LogP contribution in [0.1, 0.15) is 25.3 Å². The summed E-state index contributed by atoms with van der Waals surface area (Å²) < 4.78 is 0. The van der Waals surface area contributed by atoms with Crippen LogP contribution in [0.3, 0.4) is 0 Å². The highest BCUT2D eigenvalue weighted by atomic mass is 16.4. The standard InChI is InChI=1S/C17H27N5O3/c1-2-20-14(11-12-7-4-3-5-8-12)15(23)22-13(16(24)25)9-6-10-21-17(18)19/h3-5,7-8,13-14,20H,2,6,9-11H2,1H3,(H,22,23)(H,24,25)(H4,18,19,21)/t13-,14-/m0/s1. The maximum absolute atomic E-state index is 12.5. The highest BCUT2D eigenvalue weighted by Crippen LogP contribution is 2.05. The number of nitrogens with zero attached hydrogens (tertiary/aromatic N) is 1. The molecule has 0 aliphatic rings. The Labute approximate surface area is 147 Å². The zero-order valence-corrected chi connectivity index (χ0v) is 14.4. The molecule has 1 rings (SSSR count). The molecular weight excluding hydrogens is 322 g/mol. The SMILES string of the molecule is CCN[C@@H](Cc1ccccc1)C(=O)N[C@@H](CCCN=C(N)N)C(=O)O. The number of hydrogen-bond acceptors (Lipinski definition) is 4. The van der Waals surface area contributed by atoms with Crippen LogP contribution in [-0.2, 0) is 16.0 Å². The number of benzene rings is 1. The Balaban J connectivity index is 2.64. The number of rotatable bonds is 11. The van der Waals surface area contributed by atoms with Gasteiger partial charge in [0.25, 0.3) is 0 Å². The maximum Gasteiger partial charge on any atom is 0.326 e. The summed E-state index contributed by atoms with van der Waals surface area (Å²) in [7, 11) is 0. The minimum absolute atomic E-state index is 0.0361. The summed E-state index contributed by atoms with van der Waals surface area (Å²) in [4.78, 5) is 27.7. The Morgan fingerprint density at radius 1 is 1.20 bits per heavy atom. The van der Waals surface area contributed by atoms with Gasteiger partial charge in [-0.1, -0.05) is 37.3 Å². The third-order valence-corrected chi connectivity index (χ3v) is 3.61. The number of aliphatic carboxylic acids is 1. The molecule has 0 bridgehead atoms. The number of guanidine groups is 1. The highest BCUT2D eigenvalue weighted by molar-refractivity contribution is 5.87. The fourth-order valence-corrected chi connectivity index (χ4v) is 2.39. The fourth-order valence-electron chi connectivity index (χ4n) is 2.39. The average molecular weight is 349 g/mol. The third kappa shape index (κ3) is 8.16. The molecule has 2 atom stereocenters. The van der Waals surface area contributed by atoms with Crippen molar-refractivity contribution < 1.29 is 14.7 Å². The molecule has 0 aliphatic heterocycles. The van der Waals surface area contributed by atoms with Crippen molar-refractivity contribution in [1.82, 2.24) is 10.6 Å². The summed E-state index contributed by atoms with van der Waals surface area (Å²) in [5, 5.41) is 15.0. The van der Waals surface area contributed by atoms with Gasteiger partial charge in [-0.2, -0.15) is 0 Å². The van der Waals surface area contributed by atoms with Crippen LogP contribution in [0.5, 0.6) is 0 Å². The van der Waals surface area contributed by atoms with Gasteiger partial charge in [-0.3, -0.25) is 9.79 Å². The molecule has 25 heavy (non-hydrogen) atoms. The largest absolute Gasteiger partial charge is 0.480 e. The number of aliphatic imine (C=N–C) groups is 1. The average Bonchev–Trinajstić information content (AvgIpc) is 2.57. The Morgan fingerprint density at radius 3 is 2.44 bits per heavy atom. The Hall–Kier alpha value is -2.61. The second-order valence-electron chi connectivity index (χ2n) is 5.65. The summed E-state index contributed by atoms with van der Waals surface area (Å²) in [5.74, 6) is -1.45. The minimum Gasteiger partial charge on any atom is -0.480 e. The fraction of sp³-hybridized carbons (Fsp3) is 0.471. The van der Waals surface area contributed by atoms with Crippen molar-refractivity contribution in [3.05, 3.63) is 35.9 Å². The van der Waals surface area contributed by atoms with Crippen molar-refractivity contribution >= 4 is 17.8 Å². The predicted molar refractivity (Wildman–Crippen MR) is 97.1 cm³/mol. The Bertz CT molecular complexity index is 573. The van der Waals surface area contributed by atoms with E-state index in [2.05, 4.69) is 15.6 Å². The molecule has 0 spiro atoms. The van der Waals surface area contributed by atoms with Crippen LogP contribution in [-0.4, -0.2) is 48.1 Å². The van der Waals surface area contributed by atoms with Gasteiger partial charge in [-0.05, 0) is 31.4 Å². The van der Waals surface area contributed by atoms with Crippen molar-refractivity contribution in [2.24, 2.45) is 16.5 Å². The molecule has 7 N–H and O–H groups in total. The topological polar surface area (TPSA) is 143 Å². The molecule has 0 fully saturated rings. The number of carboxylic acids is 1. The lowest BCUT2D eigenvalue weighted by Gasteiger charge is -2.21. The lowest BCUT2D eigenvalue weighted by atomic mass is 10.0. The molecule has 8 nitrogen and oxygen atoms in total. The number of carboxylic acid groups (broad SMARTS) is 1. The lowest BCUT2D eigenvalue weighted by molar-refractivity contribution is -0.142. The molecule has 0 saturated heterocycles. The van der Waals surface area contributed by atoms with Crippen LogP contribution in [0.4, 0.5) is 0 Å². The first-order chi connectivity index (χ1) is 11.9. The van der Waals surface area contributed by atoms with Gasteiger partial charge < -0.3 is 27.2 Å². The Morgan fingerprint density at radius 2 is 1.88 bits per heavy atom. The summed E-state index contributed by atoms with van der Waals surface area (Å²) in [6.45, 7) is 2.82. The molecule has 138 valence electrons. The quantitative estimate of drug-likeness (QED) is 0.213. The van der Waals surface area contributed by atoms with E-state index < -0.39 is 18.1 Å². The van der Waals surface area contributed by atoms with Crippen LogP contribution in [0.15, 0.2) is 35.3 Å². The molecule has 0 aromatic heterocycles. The van der Waals surface area contributed by atoms with Crippen LogP contribution in [0.25, 0.3) is 0 Å². The number of carbonyl (C=O) groups is 2. The van der Waals surface area contributed by atoms with Crippen LogP contribution < -0.4 is 22.1 Å². The first-order valence-electron chi connectivity index (χ1n) is 8.30. The number of hydrogen-bond donors (Lipinski definition) is 5. The number of nitrogens with two attached hydrogens (primary N) is 2. The summed E-state index contributed by atoms with van der Waals surface area (Å²) in [6, 6.07) is 8.11. The van der Waals surface area contributed by atoms with Crippen molar-refractivity contribution in [2.75, 3.05) is 13.1 Å². The smallest absolute Gasteiger partial charge is 0.326 e. The van der Waals surface area contributed by atoms with Gasteiger partial charge in [-0.25, -0.2) is 4.79 Å². The summed E-state index contributed by atoms with van der Waals surface area (Å²) in [5.41, 5.74) is 11.5. The monoisotopic (exact) mass is 349 g/mol.